The van der Waals surface area contributed by atoms with Gasteiger partial charge in [0.25, 0.3) is 5.91 Å². The molecule has 194 valence electrons. The number of aryl methyl sites for hydroxylation is 1. The van der Waals surface area contributed by atoms with Crippen molar-refractivity contribution >= 4 is 34.7 Å². The topological polar surface area (TPSA) is 152 Å². The Labute approximate surface area is 218 Å². The standard InChI is InChI=1S/C25H29N7O4S/c1-25(2,34)23(33)31-6-3-15(4-7-31)5-8-32-22-20(21(27)28-14-29-22)30-24(32)37-19-12-18-17(11-16(19)13-26)35-9-10-36-18/h11-12,14-15,34H,3-10H2,1-2H3,(H2,27,28,29). The lowest BCUT2D eigenvalue weighted by Gasteiger charge is -2.35. The number of carbonyl (C=O) groups excluding carboxylic acids is 1. The van der Waals surface area contributed by atoms with E-state index in [-0.39, 0.29) is 5.91 Å². The number of nitriles is 1. The number of amides is 1. The monoisotopic (exact) mass is 523 g/mol. The third-order valence-corrected chi connectivity index (χ3v) is 7.73. The van der Waals surface area contributed by atoms with Crippen LogP contribution in [0.15, 0.2) is 28.5 Å². The highest BCUT2D eigenvalue weighted by Gasteiger charge is 2.32. The van der Waals surface area contributed by atoms with E-state index in [1.54, 1.807) is 11.0 Å². The van der Waals surface area contributed by atoms with Crippen molar-refractivity contribution in [3.63, 3.8) is 0 Å². The van der Waals surface area contributed by atoms with Crippen molar-refractivity contribution < 1.29 is 19.4 Å². The highest BCUT2D eigenvalue weighted by molar-refractivity contribution is 7.99. The van der Waals surface area contributed by atoms with Gasteiger partial charge in [-0.1, -0.05) is 11.8 Å². The average molecular weight is 524 g/mol. The highest BCUT2D eigenvalue weighted by Crippen LogP contribution is 2.40. The van der Waals surface area contributed by atoms with E-state index in [9.17, 15) is 15.2 Å². The molecule has 11 nitrogen and oxygen atoms in total. The maximum atomic E-state index is 12.4. The summed E-state index contributed by atoms with van der Waals surface area (Å²) in [5, 5.41) is 20.5. The molecule has 4 heterocycles. The van der Waals surface area contributed by atoms with Crippen LogP contribution in [0.4, 0.5) is 5.82 Å². The molecule has 5 rings (SSSR count). The molecule has 0 aliphatic carbocycles. The summed E-state index contributed by atoms with van der Waals surface area (Å²) in [6.07, 6.45) is 4.00. The Morgan fingerprint density at radius 2 is 1.95 bits per heavy atom. The quantitative estimate of drug-likeness (QED) is 0.493. The number of fused-ring (bicyclic) bond motifs is 2. The van der Waals surface area contributed by atoms with Crippen molar-refractivity contribution in [1.29, 1.82) is 5.26 Å². The van der Waals surface area contributed by atoms with E-state index in [0.717, 1.165) is 19.3 Å². The van der Waals surface area contributed by atoms with Crippen LogP contribution >= 0.6 is 11.8 Å². The van der Waals surface area contributed by atoms with E-state index < -0.39 is 5.60 Å². The largest absolute Gasteiger partial charge is 0.486 e. The van der Waals surface area contributed by atoms with Gasteiger partial charge >= 0.3 is 0 Å². The van der Waals surface area contributed by atoms with Crippen molar-refractivity contribution in [1.82, 2.24) is 24.4 Å². The van der Waals surface area contributed by atoms with Gasteiger partial charge < -0.3 is 29.8 Å². The maximum Gasteiger partial charge on any atom is 0.253 e. The third kappa shape index (κ3) is 5.14. The zero-order valence-corrected chi connectivity index (χ0v) is 21.6. The van der Waals surface area contributed by atoms with Crippen LogP contribution in [0.3, 0.4) is 0 Å². The van der Waals surface area contributed by atoms with Gasteiger partial charge in [-0.15, -0.1) is 0 Å². The van der Waals surface area contributed by atoms with Gasteiger partial charge in [0.1, 0.15) is 31.2 Å². The van der Waals surface area contributed by atoms with Crippen LogP contribution in [0, 0.1) is 17.2 Å². The molecule has 0 saturated carbocycles. The summed E-state index contributed by atoms with van der Waals surface area (Å²) in [4.78, 5) is 28.1. The molecule has 2 aliphatic rings. The van der Waals surface area contributed by atoms with Crippen molar-refractivity contribution in [3.8, 4) is 17.6 Å². The molecular weight excluding hydrogens is 494 g/mol. The van der Waals surface area contributed by atoms with Crippen LogP contribution in [0.2, 0.25) is 0 Å². The molecule has 0 atom stereocenters. The summed E-state index contributed by atoms with van der Waals surface area (Å²) in [7, 11) is 0. The van der Waals surface area contributed by atoms with Crippen molar-refractivity contribution in [2.45, 2.75) is 55.3 Å². The van der Waals surface area contributed by atoms with Crippen LogP contribution in [-0.4, -0.2) is 67.3 Å². The number of piperidine rings is 1. The first-order valence-electron chi connectivity index (χ1n) is 12.2. The van der Waals surface area contributed by atoms with E-state index in [0.29, 0.717) is 82.9 Å². The number of carbonyl (C=O) groups is 1. The number of likely N-dealkylation sites (tertiary alicyclic amines) is 1. The number of anilines is 1. The summed E-state index contributed by atoms with van der Waals surface area (Å²) in [5.41, 5.74) is 6.38. The smallest absolute Gasteiger partial charge is 0.253 e. The zero-order chi connectivity index (χ0) is 26.2. The number of aromatic nitrogens is 4. The van der Waals surface area contributed by atoms with Crippen molar-refractivity contribution in [3.05, 3.63) is 24.0 Å². The number of imidazole rings is 1. The Hall–Kier alpha value is -3.56. The zero-order valence-electron chi connectivity index (χ0n) is 20.8. The van der Waals surface area contributed by atoms with Gasteiger partial charge in [0.15, 0.2) is 33.6 Å². The fraction of sp³-hybridized carbons (Fsp3) is 0.480. The Morgan fingerprint density at radius 3 is 2.62 bits per heavy atom. The average Bonchev–Trinajstić information content (AvgIpc) is 3.24. The summed E-state index contributed by atoms with van der Waals surface area (Å²) in [5.74, 6) is 1.63. The van der Waals surface area contributed by atoms with Crippen LogP contribution in [0.25, 0.3) is 11.2 Å². The number of hydrogen-bond donors (Lipinski definition) is 2. The van der Waals surface area contributed by atoms with E-state index in [4.69, 9.17) is 20.2 Å². The molecule has 2 aliphatic heterocycles. The number of nitrogen functional groups attached to an aromatic ring is 1. The summed E-state index contributed by atoms with van der Waals surface area (Å²) in [6.45, 7) is 5.84. The molecule has 0 bridgehead atoms. The number of aliphatic hydroxyl groups is 1. The first-order valence-corrected chi connectivity index (χ1v) is 13.1. The predicted octanol–water partition coefficient (Wildman–Crippen LogP) is 2.60. The van der Waals surface area contributed by atoms with Gasteiger partial charge in [-0.25, -0.2) is 15.0 Å². The van der Waals surface area contributed by atoms with Crippen molar-refractivity contribution in [2.24, 2.45) is 5.92 Å². The number of hydrogen-bond acceptors (Lipinski definition) is 10. The Balaban J connectivity index is 1.37. The minimum Gasteiger partial charge on any atom is -0.486 e. The summed E-state index contributed by atoms with van der Waals surface area (Å²) < 4.78 is 13.4. The number of ether oxygens (including phenoxy) is 2. The van der Waals surface area contributed by atoms with E-state index in [2.05, 4.69) is 16.0 Å². The van der Waals surface area contributed by atoms with E-state index in [1.165, 1.54) is 31.9 Å². The number of nitrogens with two attached hydrogens (primary N) is 1. The number of rotatable bonds is 6. The summed E-state index contributed by atoms with van der Waals surface area (Å²) in [6, 6.07) is 5.75. The van der Waals surface area contributed by atoms with Crippen LogP contribution in [0.1, 0.15) is 38.7 Å². The van der Waals surface area contributed by atoms with Crippen LogP contribution in [-0.2, 0) is 11.3 Å². The van der Waals surface area contributed by atoms with Gasteiger partial charge in [-0.2, -0.15) is 5.26 Å². The Bertz CT molecular complexity index is 1370. The maximum absolute atomic E-state index is 12.4. The lowest BCUT2D eigenvalue weighted by atomic mass is 9.92. The second-order valence-corrected chi connectivity index (χ2v) is 10.8. The molecule has 3 aromatic rings. The van der Waals surface area contributed by atoms with Gasteiger partial charge in [0.05, 0.1) is 5.56 Å². The SMILES string of the molecule is CC(C)(O)C(=O)N1CCC(CCn2c(Sc3cc4c(cc3C#N)OCCO4)nc3c(N)ncnc32)CC1. The van der Waals surface area contributed by atoms with E-state index >= 15 is 0 Å². The first-order chi connectivity index (χ1) is 17.7. The first kappa shape index (κ1) is 25.1. The minimum atomic E-state index is -1.36. The summed E-state index contributed by atoms with van der Waals surface area (Å²) >= 11 is 1.36. The number of benzene rings is 1. The fourth-order valence-corrected chi connectivity index (χ4v) is 5.68. The second-order valence-electron chi connectivity index (χ2n) is 9.77. The fourth-order valence-electron chi connectivity index (χ4n) is 4.68. The Morgan fingerprint density at radius 1 is 1.24 bits per heavy atom. The molecule has 1 amide bonds. The molecule has 0 unspecified atom stereocenters. The lowest BCUT2D eigenvalue weighted by molar-refractivity contribution is -0.149. The molecule has 1 aromatic carbocycles. The van der Waals surface area contributed by atoms with Gasteiger partial charge in [0, 0.05) is 30.6 Å². The molecule has 0 radical (unpaired) electrons. The predicted molar refractivity (Wildman–Crippen MR) is 136 cm³/mol. The molecule has 0 spiro atoms. The second kappa shape index (κ2) is 10.1. The molecule has 12 heteroatoms. The normalized spacial score (nSPS) is 16.1. The molecule has 3 N–H and O–H groups in total. The minimum absolute atomic E-state index is 0.231. The lowest BCUT2D eigenvalue weighted by Crippen LogP contribution is -2.48. The number of nitrogens with zero attached hydrogens (tertiary/aromatic N) is 6. The molecule has 1 fully saturated rings. The Kier molecular flexibility index (Phi) is 6.83. The molecule has 37 heavy (non-hydrogen) atoms. The molecule has 1 saturated heterocycles. The van der Waals surface area contributed by atoms with Gasteiger partial charge in [-0.3, -0.25) is 4.79 Å². The molecule has 2 aromatic heterocycles. The van der Waals surface area contributed by atoms with Crippen molar-refractivity contribution in [2.75, 3.05) is 32.0 Å². The van der Waals surface area contributed by atoms with Gasteiger partial charge in [-0.05, 0) is 45.1 Å². The van der Waals surface area contributed by atoms with Gasteiger partial charge in [0.2, 0.25) is 0 Å². The highest BCUT2D eigenvalue weighted by atomic mass is 32.2. The third-order valence-electron chi connectivity index (χ3n) is 6.68. The molecular formula is C25H29N7O4S. The van der Waals surface area contributed by atoms with Crippen LogP contribution in [0.5, 0.6) is 11.5 Å². The van der Waals surface area contributed by atoms with E-state index in [1.807, 2.05) is 10.6 Å². The van der Waals surface area contributed by atoms with Crippen LogP contribution < -0.4 is 15.2 Å².